The van der Waals surface area contributed by atoms with Gasteiger partial charge in [-0.25, -0.2) is 9.13 Å². The average Bonchev–Trinajstić information content (AvgIpc) is 2.32. The van der Waals surface area contributed by atoms with E-state index in [1.807, 2.05) is 0 Å². The van der Waals surface area contributed by atoms with Gasteiger partial charge in [0.15, 0.2) is 0 Å². The second kappa shape index (κ2) is 8.40. The second-order valence-corrected chi connectivity index (χ2v) is 6.35. The van der Waals surface area contributed by atoms with Gasteiger partial charge in [0, 0.05) is 7.11 Å². The molecule has 0 radical (unpaired) electrons. The maximum atomic E-state index is 11.3. The van der Waals surface area contributed by atoms with Crippen LogP contribution in [-0.2, 0) is 27.2 Å². The van der Waals surface area contributed by atoms with Crippen molar-refractivity contribution in [2.24, 2.45) is 0 Å². The Bertz CT molecular complexity index is 320. The summed E-state index contributed by atoms with van der Waals surface area (Å²) in [5.74, 6) is 0. The van der Waals surface area contributed by atoms with Crippen molar-refractivity contribution < 1.29 is 37.0 Å². The fourth-order valence-electron chi connectivity index (χ4n) is 0.875. The van der Waals surface area contributed by atoms with Gasteiger partial charge >= 0.3 is 15.6 Å². The fourth-order valence-corrected chi connectivity index (χ4v) is 2.39. The summed E-state index contributed by atoms with van der Waals surface area (Å²) < 4.78 is 40.7. The molecule has 0 bridgehead atoms. The molecule has 3 atom stereocenters. The van der Waals surface area contributed by atoms with Crippen LogP contribution in [0.3, 0.4) is 0 Å². The van der Waals surface area contributed by atoms with Gasteiger partial charge in [-0.3, -0.25) is 18.1 Å². The molecule has 0 aromatic heterocycles. The molecule has 8 nitrogen and oxygen atoms in total. The van der Waals surface area contributed by atoms with Crippen molar-refractivity contribution in [3.8, 4) is 0 Å². The first-order chi connectivity index (χ1) is 8.26. The first-order valence-electron chi connectivity index (χ1n) is 5.45. The summed E-state index contributed by atoms with van der Waals surface area (Å²) >= 11 is 0. The first kappa shape index (κ1) is 18.2. The van der Waals surface area contributed by atoms with E-state index < -0.39 is 21.7 Å². The summed E-state index contributed by atoms with van der Waals surface area (Å²) in [4.78, 5) is 18.3. The third-order valence-electron chi connectivity index (χ3n) is 1.85. The summed E-state index contributed by atoms with van der Waals surface area (Å²) in [6.07, 6.45) is 0.0326. The first-order valence-corrected chi connectivity index (χ1v) is 8.44. The Morgan fingerprint density at radius 1 is 1.11 bits per heavy atom. The molecule has 0 aliphatic carbocycles. The van der Waals surface area contributed by atoms with Crippen molar-refractivity contribution in [1.29, 1.82) is 0 Å². The molecular weight excluding hydrogens is 286 g/mol. The predicted octanol–water partition coefficient (Wildman–Crippen LogP) is 2.07. The molecule has 2 N–H and O–H groups in total. The van der Waals surface area contributed by atoms with Gasteiger partial charge < -0.3 is 9.79 Å². The Labute approximate surface area is 106 Å². The van der Waals surface area contributed by atoms with Crippen LogP contribution in [0.5, 0.6) is 0 Å². The van der Waals surface area contributed by atoms with Crippen LogP contribution in [-0.4, -0.2) is 36.2 Å². The number of rotatable bonds is 10. The van der Waals surface area contributed by atoms with Gasteiger partial charge in [0.1, 0.15) is 0 Å². The third kappa shape index (κ3) is 8.34. The third-order valence-corrected chi connectivity index (χ3v) is 3.86. The monoisotopic (exact) mass is 306 g/mol. The minimum Gasteiger partial charge on any atom is -0.302 e. The van der Waals surface area contributed by atoms with Gasteiger partial charge in [-0.05, 0) is 12.8 Å². The average molecular weight is 306 g/mol. The van der Waals surface area contributed by atoms with Gasteiger partial charge in [0.05, 0.1) is 19.3 Å². The van der Waals surface area contributed by atoms with E-state index >= 15 is 0 Å². The van der Waals surface area contributed by atoms with Gasteiger partial charge in [-0.1, -0.05) is 13.8 Å². The summed E-state index contributed by atoms with van der Waals surface area (Å²) in [6.45, 7) is 3.18. The van der Waals surface area contributed by atoms with Crippen LogP contribution in [0.1, 0.15) is 26.7 Å². The van der Waals surface area contributed by atoms with Crippen LogP contribution in [0.2, 0.25) is 0 Å². The van der Waals surface area contributed by atoms with Gasteiger partial charge in [0.2, 0.25) is 0 Å². The van der Waals surface area contributed by atoms with Crippen molar-refractivity contribution in [2.75, 3.05) is 20.3 Å². The van der Waals surface area contributed by atoms with E-state index in [4.69, 9.17) is 9.42 Å². The van der Waals surface area contributed by atoms with Crippen molar-refractivity contribution in [3.05, 3.63) is 0 Å². The molecule has 0 heterocycles. The van der Waals surface area contributed by atoms with Crippen LogP contribution >= 0.6 is 15.6 Å². The summed E-state index contributed by atoms with van der Waals surface area (Å²) in [5.41, 5.74) is 0. The standard InChI is InChI=1S/C8H20O8P2/c1-4-6-14-18(11,12)15-7-8(5-2)16-17(9,10)13-3/h8H,4-7H2,1-3H3,(H,9,10)(H,11,12). The largest absolute Gasteiger partial charge is 0.472 e. The van der Waals surface area contributed by atoms with Crippen LogP contribution < -0.4 is 0 Å². The quantitative estimate of drug-likeness (QED) is 0.590. The van der Waals surface area contributed by atoms with E-state index in [9.17, 15) is 14.0 Å². The topological polar surface area (TPSA) is 112 Å². The molecule has 10 heteroatoms. The highest BCUT2D eigenvalue weighted by molar-refractivity contribution is 7.47. The highest BCUT2D eigenvalue weighted by Crippen LogP contribution is 2.46. The van der Waals surface area contributed by atoms with Gasteiger partial charge in [0.25, 0.3) is 0 Å². The van der Waals surface area contributed by atoms with Crippen LogP contribution in [0, 0.1) is 0 Å². The lowest BCUT2D eigenvalue weighted by atomic mass is 10.3. The molecular formula is C8H20O8P2. The lowest BCUT2D eigenvalue weighted by Gasteiger charge is -2.19. The number of hydrogen-bond acceptors (Lipinski definition) is 6. The van der Waals surface area contributed by atoms with Crippen LogP contribution in [0.25, 0.3) is 0 Å². The van der Waals surface area contributed by atoms with Gasteiger partial charge in [-0.2, -0.15) is 0 Å². The molecule has 0 aromatic rings. The smallest absolute Gasteiger partial charge is 0.302 e. The molecule has 0 aromatic carbocycles. The van der Waals surface area contributed by atoms with Gasteiger partial charge in [-0.15, -0.1) is 0 Å². The lowest BCUT2D eigenvalue weighted by molar-refractivity contribution is 0.0579. The molecule has 0 rings (SSSR count). The zero-order chi connectivity index (χ0) is 14.2. The van der Waals surface area contributed by atoms with Crippen LogP contribution in [0.4, 0.5) is 0 Å². The minimum atomic E-state index is -4.14. The van der Waals surface area contributed by atoms with E-state index in [1.54, 1.807) is 13.8 Å². The molecule has 0 saturated heterocycles. The van der Waals surface area contributed by atoms with Crippen molar-refractivity contribution in [1.82, 2.24) is 0 Å². The molecule has 0 amide bonds. The maximum absolute atomic E-state index is 11.3. The molecule has 18 heavy (non-hydrogen) atoms. The zero-order valence-corrected chi connectivity index (χ0v) is 12.4. The zero-order valence-electron chi connectivity index (χ0n) is 10.6. The summed E-state index contributed by atoms with van der Waals surface area (Å²) in [7, 11) is -7.26. The fraction of sp³-hybridized carbons (Fsp3) is 1.00. The molecule has 0 fully saturated rings. The predicted molar refractivity (Wildman–Crippen MR) is 64.0 cm³/mol. The normalized spacial score (nSPS) is 20.1. The maximum Gasteiger partial charge on any atom is 0.472 e. The van der Waals surface area contributed by atoms with E-state index in [0.29, 0.717) is 12.8 Å². The van der Waals surface area contributed by atoms with E-state index in [1.165, 1.54) is 0 Å². The Morgan fingerprint density at radius 3 is 2.17 bits per heavy atom. The van der Waals surface area contributed by atoms with E-state index in [-0.39, 0.29) is 13.2 Å². The van der Waals surface area contributed by atoms with Crippen LogP contribution in [0.15, 0.2) is 0 Å². The molecule has 0 aliphatic rings. The summed E-state index contributed by atoms with van der Waals surface area (Å²) in [5, 5.41) is 0. The number of hydrogen-bond donors (Lipinski definition) is 2. The molecule has 0 saturated carbocycles. The lowest BCUT2D eigenvalue weighted by Crippen LogP contribution is -2.18. The number of phosphoric acid groups is 2. The Hall–Kier alpha value is 0.220. The van der Waals surface area contributed by atoms with Crippen molar-refractivity contribution in [3.63, 3.8) is 0 Å². The molecule has 0 aliphatic heterocycles. The molecule has 0 spiro atoms. The Kier molecular flexibility index (Phi) is 8.51. The SMILES string of the molecule is CCCOP(=O)(O)OCC(CC)OP(=O)(O)OC. The highest BCUT2D eigenvalue weighted by Gasteiger charge is 2.28. The van der Waals surface area contributed by atoms with Crippen molar-refractivity contribution >= 4 is 15.6 Å². The minimum absolute atomic E-state index is 0.0853. The van der Waals surface area contributed by atoms with Crippen molar-refractivity contribution in [2.45, 2.75) is 32.8 Å². The van der Waals surface area contributed by atoms with E-state index in [0.717, 1.165) is 7.11 Å². The molecule has 110 valence electrons. The Balaban J connectivity index is 4.23. The molecule has 3 unspecified atom stereocenters. The second-order valence-electron chi connectivity index (χ2n) is 3.38. The Morgan fingerprint density at radius 2 is 1.72 bits per heavy atom. The highest BCUT2D eigenvalue weighted by atomic mass is 31.2. The van der Waals surface area contributed by atoms with E-state index in [2.05, 4.69) is 13.6 Å². The summed E-state index contributed by atoms with van der Waals surface area (Å²) in [6, 6.07) is 0. The number of phosphoric ester groups is 2.